The second kappa shape index (κ2) is 4.45. The molecule has 3 heterocycles. The van der Waals surface area contributed by atoms with Crippen molar-refractivity contribution in [2.24, 2.45) is 5.41 Å². The van der Waals surface area contributed by atoms with Crippen LogP contribution >= 0.6 is 11.3 Å². The van der Waals surface area contributed by atoms with Crippen LogP contribution in [0.25, 0.3) is 0 Å². The highest BCUT2D eigenvalue weighted by Crippen LogP contribution is 2.40. The summed E-state index contributed by atoms with van der Waals surface area (Å²) in [5.41, 5.74) is 1.24. The highest BCUT2D eigenvalue weighted by Gasteiger charge is 2.52. The summed E-state index contributed by atoms with van der Waals surface area (Å²) in [6.45, 7) is 8.85. The van der Waals surface area contributed by atoms with E-state index in [2.05, 4.69) is 22.2 Å². The van der Waals surface area contributed by atoms with E-state index in [1.54, 1.807) is 0 Å². The van der Waals surface area contributed by atoms with Gasteiger partial charge in [-0.1, -0.05) is 11.3 Å². The summed E-state index contributed by atoms with van der Waals surface area (Å²) in [5.74, 6) is 0.152. The smallest absolute Gasteiger partial charge is 0.265 e. The fourth-order valence-electron chi connectivity index (χ4n) is 3.17. The lowest BCUT2D eigenvalue weighted by atomic mass is 9.73. The van der Waals surface area contributed by atoms with Gasteiger partial charge in [0.2, 0.25) is 0 Å². The molecule has 1 aromatic heterocycles. The summed E-state index contributed by atoms with van der Waals surface area (Å²) in [6.07, 6.45) is 0. The van der Waals surface area contributed by atoms with Gasteiger partial charge in [0.25, 0.3) is 5.91 Å². The van der Waals surface area contributed by atoms with Crippen LogP contribution in [0.5, 0.6) is 0 Å². The molecule has 0 unspecified atom stereocenters. The Bertz CT molecular complexity index is 499. The van der Waals surface area contributed by atoms with Crippen LogP contribution in [0.3, 0.4) is 0 Å². The summed E-state index contributed by atoms with van der Waals surface area (Å²) >= 11 is 1.47. The molecular weight excluding hydrogens is 260 g/mol. The van der Waals surface area contributed by atoms with Gasteiger partial charge in [0.05, 0.1) is 5.69 Å². The highest BCUT2D eigenvalue weighted by atomic mass is 32.1. The maximum absolute atomic E-state index is 12.4. The SMILES string of the molecule is CCNc1nc(C)c(C(=O)N2CC3(CN(C)C3)C2)s1. The van der Waals surface area contributed by atoms with Gasteiger partial charge in [-0.3, -0.25) is 4.79 Å². The Morgan fingerprint density at radius 1 is 1.42 bits per heavy atom. The lowest BCUT2D eigenvalue weighted by Gasteiger charge is -2.59. The van der Waals surface area contributed by atoms with Crippen molar-refractivity contribution < 1.29 is 4.79 Å². The van der Waals surface area contributed by atoms with E-state index in [4.69, 9.17) is 0 Å². The quantitative estimate of drug-likeness (QED) is 0.906. The minimum Gasteiger partial charge on any atom is -0.362 e. The Balaban J connectivity index is 1.65. The molecule has 0 aromatic carbocycles. The van der Waals surface area contributed by atoms with Crippen LogP contribution in [0.4, 0.5) is 5.13 Å². The molecule has 1 aromatic rings. The molecule has 3 rings (SSSR count). The van der Waals surface area contributed by atoms with Crippen molar-refractivity contribution >= 4 is 22.4 Å². The molecule has 0 aliphatic carbocycles. The topological polar surface area (TPSA) is 48.5 Å². The number of rotatable bonds is 3. The predicted octanol–water partition coefficient (Wildman–Crippen LogP) is 1.27. The fraction of sp³-hybridized carbons (Fsp3) is 0.692. The standard InChI is InChI=1S/C13H20N4OS/c1-4-14-12-15-9(2)10(19-12)11(18)17-7-13(8-17)5-16(3)6-13/h4-8H2,1-3H3,(H,14,15). The number of aryl methyl sites for hydroxylation is 1. The average molecular weight is 280 g/mol. The van der Waals surface area contributed by atoms with Gasteiger partial charge in [0.15, 0.2) is 5.13 Å². The van der Waals surface area contributed by atoms with Crippen LogP contribution in [0.15, 0.2) is 0 Å². The Kier molecular flexibility index (Phi) is 3.02. The molecule has 2 aliphatic heterocycles. The molecule has 2 fully saturated rings. The van der Waals surface area contributed by atoms with Gasteiger partial charge >= 0.3 is 0 Å². The van der Waals surface area contributed by atoms with Crippen LogP contribution in [-0.2, 0) is 0 Å². The number of nitrogens with one attached hydrogen (secondary N) is 1. The number of hydrogen-bond acceptors (Lipinski definition) is 5. The second-order valence-corrected chi connectivity index (χ2v) is 6.80. The number of anilines is 1. The minimum atomic E-state index is 0.152. The van der Waals surface area contributed by atoms with Gasteiger partial charge in [-0.25, -0.2) is 4.98 Å². The summed E-state index contributed by atoms with van der Waals surface area (Å²) in [5, 5.41) is 4.02. The molecule has 2 saturated heterocycles. The molecule has 104 valence electrons. The molecule has 1 amide bonds. The van der Waals surface area contributed by atoms with E-state index in [-0.39, 0.29) is 5.91 Å². The van der Waals surface area contributed by atoms with Gasteiger partial charge in [-0.2, -0.15) is 0 Å². The lowest BCUT2D eigenvalue weighted by molar-refractivity contribution is -0.0870. The highest BCUT2D eigenvalue weighted by molar-refractivity contribution is 7.17. The third-order valence-corrected chi connectivity index (χ3v) is 4.97. The van der Waals surface area contributed by atoms with Crippen molar-refractivity contribution in [2.75, 3.05) is 45.1 Å². The van der Waals surface area contributed by atoms with Crippen LogP contribution in [0.1, 0.15) is 22.3 Å². The fourth-order valence-corrected chi connectivity index (χ4v) is 4.17. The molecule has 5 nitrogen and oxygen atoms in total. The molecule has 19 heavy (non-hydrogen) atoms. The Morgan fingerprint density at radius 2 is 2.11 bits per heavy atom. The van der Waals surface area contributed by atoms with E-state index in [0.717, 1.165) is 48.4 Å². The number of carbonyl (C=O) groups excluding carboxylic acids is 1. The molecule has 0 bridgehead atoms. The first-order valence-electron chi connectivity index (χ1n) is 6.72. The minimum absolute atomic E-state index is 0.152. The van der Waals surface area contributed by atoms with Crippen molar-refractivity contribution in [3.63, 3.8) is 0 Å². The Hall–Kier alpha value is -1.14. The first-order valence-corrected chi connectivity index (χ1v) is 7.54. The maximum atomic E-state index is 12.4. The number of thiazole rings is 1. The number of nitrogens with zero attached hydrogens (tertiary/aromatic N) is 3. The molecule has 6 heteroatoms. The van der Waals surface area contributed by atoms with E-state index in [9.17, 15) is 4.79 Å². The molecular formula is C13H20N4OS. The van der Waals surface area contributed by atoms with E-state index in [0.29, 0.717) is 5.41 Å². The summed E-state index contributed by atoms with van der Waals surface area (Å²) < 4.78 is 0. The molecule has 0 atom stereocenters. The number of carbonyl (C=O) groups is 1. The van der Waals surface area contributed by atoms with E-state index in [1.165, 1.54) is 11.3 Å². The van der Waals surface area contributed by atoms with Crippen LogP contribution in [0.2, 0.25) is 0 Å². The third kappa shape index (κ3) is 2.12. The lowest BCUT2D eigenvalue weighted by Crippen LogP contribution is -2.71. The van der Waals surface area contributed by atoms with Gasteiger partial charge in [0.1, 0.15) is 4.88 Å². The number of hydrogen-bond donors (Lipinski definition) is 1. The second-order valence-electron chi connectivity index (χ2n) is 5.80. The van der Waals surface area contributed by atoms with Crippen molar-refractivity contribution in [2.45, 2.75) is 13.8 Å². The largest absolute Gasteiger partial charge is 0.362 e. The average Bonchev–Trinajstić information content (AvgIpc) is 2.62. The van der Waals surface area contributed by atoms with E-state index < -0.39 is 0 Å². The Morgan fingerprint density at radius 3 is 2.68 bits per heavy atom. The van der Waals surface area contributed by atoms with Crippen molar-refractivity contribution in [1.29, 1.82) is 0 Å². The van der Waals surface area contributed by atoms with E-state index >= 15 is 0 Å². The summed E-state index contributed by atoms with van der Waals surface area (Å²) in [4.78, 5) is 21.9. The normalized spacial score (nSPS) is 21.1. The maximum Gasteiger partial charge on any atom is 0.265 e. The van der Waals surface area contributed by atoms with Crippen molar-refractivity contribution in [1.82, 2.24) is 14.8 Å². The van der Waals surface area contributed by atoms with Gasteiger partial charge in [0, 0.05) is 38.1 Å². The number of amides is 1. The Labute approximate surface area is 117 Å². The van der Waals surface area contributed by atoms with Gasteiger partial charge < -0.3 is 15.1 Å². The van der Waals surface area contributed by atoms with Gasteiger partial charge in [-0.15, -0.1) is 0 Å². The van der Waals surface area contributed by atoms with Crippen LogP contribution in [0, 0.1) is 12.3 Å². The molecule has 1 N–H and O–H groups in total. The van der Waals surface area contributed by atoms with Crippen LogP contribution in [-0.4, -0.2) is 60.5 Å². The van der Waals surface area contributed by atoms with Gasteiger partial charge in [-0.05, 0) is 20.9 Å². The van der Waals surface area contributed by atoms with Crippen LogP contribution < -0.4 is 5.32 Å². The number of aromatic nitrogens is 1. The van der Waals surface area contributed by atoms with Crippen molar-refractivity contribution in [3.05, 3.63) is 10.6 Å². The zero-order valence-electron chi connectivity index (χ0n) is 11.7. The number of likely N-dealkylation sites (tertiary alicyclic amines) is 2. The van der Waals surface area contributed by atoms with E-state index in [1.807, 2.05) is 18.7 Å². The molecule has 2 aliphatic rings. The summed E-state index contributed by atoms with van der Waals surface area (Å²) in [7, 11) is 2.13. The monoisotopic (exact) mass is 280 g/mol. The predicted molar refractivity (Wildman–Crippen MR) is 76.8 cm³/mol. The first-order chi connectivity index (χ1) is 9.03. The summed E-state index contributed by atoms with van der Waals surface area (Å²) in [6, 6.07) is 0. The molecule has 0 saturated carbocycles. The first kappa shape index (κ1) is 12.9. The third-order valence-electron chi connectivity index (χ3n) is 3.87. The zero-order valence-corrected chi connectivity index (χ0v) is 12.5. The zero-order chi connectivity index (χ0) is 13.6. The molecule has 0 radical (unpaired) electrons. The van der Waals surface area contributed by atoms with Crippen molar-refractivity contribution in [3.8, 4) is 0 Å². The molecule has 1 spiro atoms.